The lowest BCUT2D eigenvalue weighted by Gasteiger charge is -2.31. The Morgan fingerprint density at radius 1 is 1.04 bits per heavy atom. The third-order valence-corrected chi connectivity index (χ3v) is 6.19. The Labute approximate surface area is 157 Å². The molecule has 0 saturated heterocycles. The number of fused-ring (bicyclic) bond motifs is 3. The normalized spacial score (nSPS) is 17.7. The van der Waals surface area contributed by atoms with Crippen LogP contribution < -0.4 is 0 Å². The second-order valence-corrected chi connectivity index (χ2v) is 8.21. The van der Waals surface area contributed by atoms with Crippen molar-refractivity contribution < 1.29 is 0 Å². The first kappa shape index (κ1) is 17.4. The van der Waals surface area contributed by atoms with Crippen LogP contribution >= 0.6 is 0 Å². The van der Waals surface area contributed by atoms with Crippen LogP contribution in [-0.4, -0.2) is 22.6 Å². The van der Waals surface area contributed by atoms with Crippen LogP contribution in [0.1, 0.15) is 40.4 Å². The Bertz CT molecular complexity index is 964. The molecule has 0 aliphatic carbocycles. The van der Waals surface area contributed by atoms with Crippen molar-refractivity contribution in [1.82, 2.24) is 9.47 Å². The van der Waals surface area contributed by atoms with Crippen molar-refractivity contribution in [2.24, 2.45) is 0 Å². The molecule has 0 saturated carbocycles. The average molecular weight is 347 g/mol. The summed E-state index contributed by atoms with van der Waals surface area (Å²) in [5.74, 6) is 0. The standard InChI is InChI=1S/C24H30N2/c1-16-7-6-8-20(13-16)11-12-26-22-14-19(4)25(5)15-21(22)23-17(2)9-10-18(3)24(23)26/h6-10,13,19H,11-12,14-15H2,1-5H3. The Balaban J connectivity index is 1.83. The molecule has 0 fully saturated rings. The zero-order chi connectivity index (χ0) is 18.4. The third-order valence-electron chi connectivity index (χ3n) is 6.19. The van der Waals surface area contributed by atoms with Crippen LogP contribution in [-0.2, 0) is 25.9 Å². The van der Waals surface area contributed by atoms with E-state index in [1.807, 2.05) is 0 Å². The first-order valence-corrected chi connectivity index (χ1v) is 9.81. The molecule has 26 heavy (non-hydrogen) atoms. The van der Waals surface area contributed by atoms with E-state index < -0.39 is 0 Å². The maximum absolute atomic E-state index is 2.64. The molecule has 0 amide bonds. The highest BCUT2D eigenvalue weighted by atomic mass is 15.1. The number of nitrogens with zero attached hydrogens (tertiary/aromatic N) is 2. The van der Waals surface area contributed by atoms with E-state index in [4.69, 9.17) is 0 Å². The van der Waals surface area contributed by atoms with Crippen molar-refractivity contribution in [2.45, 2.75) is 59.7 Å². The van der Waals surface area contributed by atoms with Gasteiger partial charge in [-0.05, 0) is 63.4 Å². The molecule has 1 aromatic heterocycles. The van der Waals surface area contributed by atoms with Crippen molar-refractivity contribution in [3.05, 3.63) is 69.9 Å². The van der Waals surface area contributed by atoms with Gasteiger partial charge in [0.2, 0.25) is 0 Å². The van der Waals surface area contributed by atoms with E-state index in [0.29, 0.717) is 6.04 Å². The summed E-state index contributed by atoms with van der Waals surface area (Å²) in [5, 5.41) is 1.50. The van der Waals surface area contributed by atoms with Crippen LogP contribution in [0.2, 0.25) is 0 Å². The van der Waals surface area contributed by atoms with Gasteiger partial charge < -0.3 is 4.57 Å². The highest BCUT2D eigenvalue weighted by Gasteiger charge is 2.27. The summed E-state index contributed by atoms with van der Waals surface area (Å²) in [7, 11) is 2.26. The van der Waals surface area contributed by atoms with Crippen molar-refractivity contribution in [3.63, 3.8) is 0 Å². The highest BCUT2D eigenvalue weighted by molar-refractivity contribution is 5.91. The topological polar surface area (TPSA) is 8.17 Å². The van der Waals surface area contributed by atoms with Gasteiger partial charge in [0, 0.05) is 36.6 Å². The molecular formula is C24H30N2. The van der Waals surface area contributed by atoms with E-state index in [1.54, 1.807) is 11.3 Å². The number of aromatic nitrogens is 1. The van der Waals surface area contributed by atoms with Gasteiger partial charge >= 0.3 is 0 Å². The largest absolute Gasteiger partial charge is 0.344 e. The van der Waals surface area contributed by atoms with E-state index in [1.165, 1.54) is 33.2 Å². The van der Waals surface area contributed by atoms with E-state index in [2.05, 4.69) is 80.6 Å². The maximum atomic E-state index is 2.64. The monoisotopic (exact) mass is 346 g/mol. The zero-order valence-corrected chi connectivity index (χ0v) is 16.8. The van der Waals surface area contributed by atoms with Gasteiger partial charge in [0.25, 0.3) is 0 Å². The molecule has 2 aromatic carbocycles. The first-order chi connectivity index (χ1) is 12.5. The van der Waals surface area contributed by atoms with Crippen LogP contribution in [0.4, 0.5) is 0 Å². The second kappa shape index (κ2) is 6.59. The van der Waals surface area contributed by atoms with Crippen molar-refractivity contribution in [1.29, 1.82) is 0 Å². The minimum Gasteiger partial charge on any atom is -0.344 e. The lowest BCUT2D eigenvalue weighted by molar-refractivity contribution is 0.228. The van der Waals surface area contributed by atoms with Gasteiger partial charge in [0.15, 0.2) is 0 Å². The number of aryl methyl sites for hydroxylation is 5. The fourth-order valence-corrected chi connectivity index (χ4v) is 4.57. The minimum atomic E-state index is 0.602. The van der Waals surface area contributed by atoms with Gasteiger partial charge in [0.05, 0.1) is 5.52 Å². The summed E-state index contributed by atoms with van der Waals surface area (Å²) < 4.78 is 2.64. The van der Waals surface area contributed by atoms with Crippen molar-refractivity contribution in [2.75, 3.05) is 7.05 Å². The molecule has 1 aliphatic heterocycles. The first-order valence-electron chi connectivity index (χ1n) is 9.81. The number of hydrogen-bond acceptors (Lipinski definition) is 1. The molecule has 2 nitrogen and oxygen atoms in total. The lowest BCUT2D eigenvalue weighted by Crippen LogP contribution is -2.35. The van der Waals surface area contributed by atoms with Gasteiger partial charge in [-0.1, -0.05) is 42.0 Å². The highest BCUT2D eigenvalue weighted by Crippen LogP contribution is 2.36. The molecule has 4 rings (SSSR count). The smallest absolute Gasteiger partial charge is 0.0518 e. The van der Waals surface area contributed by atoms with E-state index in [9.17, 15) is 0 Å². The molecule has 0 spiro atoms. The summed E-state index contributed by atoms with van der Waals surface area (Å²) in [5.41, 5.74) is 10.2. The minimum absolute atomic E-state index is 0.602. The van der Waals surface area contributed by atoms with E-state index >= 15 is 0 Å². The molecular weight excluding hydrogens is 316 g/mol. The van der Waals surface area contributed by atoms with Crippen LogP contribution in [0.15, 0.2) is 36.4 Å². The van der Waals surface area contributed by atoms with Crippen molar-refractivity contribution >= 4 is 10.9 Å². The van der Waals surface area contributed by atoms with E-state index in [-0.39, 0.29) is 0 Å². The van der Waals surface area contributed by atoms with Gasteiger partial charge in [-0.2, -0.15) is 0 Å². The molecule has 1 unspecified atom stereocenters. The summed E-state index contributed by atoms with van der Waals surface area (Å²) in [6, 6.07) is 14.1. The van der Waals surface area contributed by atoms with Crippen LogP contribution in [0.5, 0.6) is 0 Å². The van der Waals surface area contributed by atoms with Crippen LogP contribution in [0.3, 0.4) is 0 Å². The molecule has 0 N–H and O–H groups in total. The Kier molecular flexibility index (Phi) is 4.40. The average Bonchev–Trinajstić information content (AvgIpc) is 2.91. The van der Waals surface area contributed by atoms with Gasteiger partial charge in [0.1, 0.15) is 0 Å². The predicted molar refractivity (Wildman–Crippen MR) is 111 cm³/mol. The molecule has 1 atom stereocenters. The zero-order valence-electron chi connectivity index (χ0n) is 16.8. The predicted octanol–water partition coefficient (Wildman–Crippen LogP) is 5.19. The van der Waals surface area contributed by atoms with Gasteiger partial charge in [-0.25, -0.2) is 0 Å². The molecule has 1 aliphatic rings. The molecule has 2 heteroatoms. The molecule has 0 bridgehead atoms. The summed E-state index contributed by atoms with van der Waals surface area (Å²) in [4.78, 5) is 2.49. The molecule has 136 valence electrons. The third kappa shape index (κ3) is 2.87. The van der Waals surface area contributed by atoms with Crippen LogP contribution in [0.25, 0.3) is 10.9 Å². The number of rotatable bonds is 3. The Morgan fingerprint density at radius 3 is 2.58 bits per heavy atom. The SMILES string of the molecule is Cc1cccc(CCn2c3c(c4c(C)ccc(C)c42)CN(C)C(C)C3)c1. The molecule has 3 aromatic rings. The quantitative estimate of drug-likeness (QED) is 0.634. The summed E-state index contributed by atoms with van der Waals surface area (Å²) in [6.07, 6.45) is 2.24. The fraction of sp³-hybridized carbons (Fsp3) is 0.417. The fourth-order valence-electron chi connectivity index (χ4n) is 4.57. The van der Waals surface area contributed by atoms with Gasteiger partial charge in [-0.15, -0.1) is 0 Å². The Morgan fingerprint density at radius 2 is 1.81 bits per heavy atom. The van der Waals surface area contributed by atoms with Gasteiger partial charge in [-0.3, -0.25) is 4.90 Å². The van der Waals surface area contributed by atoms with E-state index in [0.717, 1.165) is 25.9 Å². The second-order valence-electron chi connectivity index (χ2n) is 8.21. The maximum Gasteiger partial charge on any atom is 0.0518 e. The Hall–Kier alpha value is -2.06. The molecule has 0 radical (unpaired) electrons. The van der Waals surface area contributed by atoms with Crippen molar-refractivity contribution in [3.8, 4) is 0 Å². The van der Waals surface area contributed by atoms with Crippen LogP contribution in [0, 0.1) is 20.8 Å². The molecule has 2 heterocycles. The summed E-state index contributed by atoms with van der Waals surface area (Å²) >= 11 is 0. The number of likely N-dealkylation sites (N-methyl/N-ethyl adjacent to an activating group) is 1. The number of benzene rings is 2. The number of hydrogen-bond donors (Lipinski definition) is 0. The summed E-state index contributed by atoms with van der Waals surface area (Å²) in [6.45, 7) is 11.2. The lowest BCUT2D eigenvalue weighted by atomic mass is 9.97.